The first-order valence-corrected chi connectivity index (χ1v) is 5.88. The fourth-order valence-electron chi connectivity index (χ4n) is 1.59. The molecule has 20 heavy (non-hydrogen) atoms. The van der Waals surface area contributed by atoms with Crippen molar-refractivity contribution >= 4 is 23.5 Å². The Labute approximate surface area is 118 Å². The molecule has 0 aliphatic rings. The van der Waals surface area contributed by atoms with Gasteiger partial charge >= 0.3 is 5.69 Å². The zero-order chi connectivity index (χ0) is 14.9. The maximum atomic E-state index is 10.8. The number of hydrogen-bond acceptors (Lipinski definition) is 6. The Morgan fingerprint density at radius 1 is 1.40 bits per heavy atom. The highest BCUT2D eigenvalue weighted by molar-refractivity contribution is 6.31. The van der Waals surface area contributed by atoms with Crippen LogP contribution in [0, 0.1) is 24.0 Å². The number of nitro groups is 1. The number of aryl methyl sites for hydroxylation is 2. The van der Waals surface area contributed by atoms with E-state index in [1.165, 1.54) is 17.0 Å². The van der Waals surface area contributed by atoms with Crippen LogP contribution in [0.15, 0.2) is 17.2 Å². The van der Waals surface area contributed by atoms with Crippen LogP contribution in [0.2, 0.25) is 5.02 Å². The Morgan fingerprint density at radius 2 is 2.00 bits per heavy atom. The molecule has 0 bridgehead atoms. The summed E-state index contributed by atoms with van der Waals surface area (Å²) in [7, 11) is 0. The summed E-state index contributed by atoms with van der Waals surface area (Å²) in [6.07, 6.45) is 1.26. The fourth-order valence-corrected chi connectivity index (χ4v) is 1.81. The van der Waals surface area contributed by atoms with Crippen molar-refractivity contribution in [2.24, 2.45) is 5.10 Å². The molecule has 0 radical (unpaired) electrons. The van der Waals surface area contributed by atoms with Crippen LogP contribution in [0.5, 0.6) is 5.75 Å². The highest BCUT2D eigenvalue weighted by Gasteiger charge is 2.17. The average molecular weight is 296 g/mol. The van der Waals surface area contributed by atoms with Gasteiger partial charge in [0.05, 0.1) is 11.1 Å². The first kappa shape index (κ1) is 13.9. The van der Waals surface area contributed by atoms with E-state index >= 15 is 0 Å². The normalized spacial score (nSPS) is 11.2. The number of nitrogens with zero attached hydrogens (tertiary/aromatic N) is 5. The van der Waals surface area contributed by atoms with Gasteiger partial charge in [-0.1, -0.05) is 11.6 Å². The number of aromatic hydroxyl groups is 1. The standard InChI is InChI=1S/C11H10ClN5O3/c1-6-14-15-7(2)16(6)13-5-8-3-9(12)4-10(11(8)18)17(19)20/h3-5,18H,1-2H3/b13-5+. The number of phenols is 1. The van der Waals surface area contributed by atoms with Crippen molar-refractivity contribution in [1.29, 1.82) is 0 Å². The molecule has 1 heterocycles. The lowest BCUT2D eigenvalue weighted by atomic mass is 10.2. The first-order chi connectivity index (χ1) is 9.40. The van der Waals surface area contributed by atoms with Gasteiger partial charge in [0.2, 0.25) is 5.75 Å². The van der Waals surface area contributed by atoms with Gasteiger partial charge in [-0.25, -0.2) is 4.68 Å². The van der Waals surface area contributed by atoms with Crippen LogP contribution in [0.25, 0.3) is 0 Å². The van der Waals surface area contributed by atoms with Gasteiger partial charge in [-0.2, -0.15) is 5.10 Å². The molecular formula is C11H10ClN5O3. The van der Waals surface area contributed by atoms with E-state index in [9.17, 15) is 15.2 Å². The van der Waals surface area contributed by atoms with Crippen LogP contribution in [-0.2, 0) is 0 Å². The van der Waals surface area contributed by atoms with Crippen LogP contribution in [0.1, 0.15) is 17.2 Å². The summed E-state index contributed by atoms with van der Waals surface area (Å²) in [5, 5.41) is 32.4. The lowest BCUT2D eigenvalue weighted by Gasteiger charge is -2.02. The van der Waals surface area contributed by atoms with E-state index in [0.717, 1.165) is 6.07 Å². The molecule has 0 spiro atoms. The minimum atomic E-state index is -0.714. The highest BCUT2D eigenvalue weighted by Crippen LogP contribution is 2.32. The van der Waals surface area contributed by atoms with Crippen LogP contribution in [0.3, 0.4) is 0 Å². The minimum Gasteiger partial charge on any atom is -0.502 e. The third-order valence-corrected chi connectivity index (χ3v) is 2.76. The quantitative estimate of drug-likeness (QED) is 0.530. The van der Waals surface area contributed by atoms with Crippen molar-refractivity contribution in [2.75, 3.05) is 0 Å². The van der Waals surface area contributed by atoms with Gasteiger partial charge in [0.1, 0.15) is 0 Å². The number of rotatable bonds is 3. The average Bonchev–Trinajstić information content (AvgIpc) is 2.69. The molecule has 0 atom stereocenters. The number of phenolic OH excluding ortho intramolecular Hbond substituents is 1. The Balaban J connectivity index is 2.47. The van der Waals surface area contributed by atoms with Crippen LogP contribution in [-0.4, -0.2) is 31.1 Å². The maximum absolute atomic E-state index is 10.8. The molecule has 0 aliphatic carbocycles. The van der Waals surface area contributed by atoms with Crippen LogP contribution in [0.4, 0.5) is 5.69 Å². The molecule has 1 aromatic heterocycles. The molecule has 1 N–H and O–H groups in total. The predicted octanol–water partition coefficient (Wildman–Crippen LogP) is 2.04. The van der Waals surface area contributed by atoms with Gasteiger partial charge < -0.3 is 5.11 Å². The van der Waals surface area contributed by atoms with Gasteiger partial charge in [0, 0.05) is 16.7 Å². The third kappa shape index (κ3) is 2.59. The summed E-state index contributed by atoms with van der Waals surface area (Å²) < 4.78 is 1.44. The lowest BCUT2D eigenvalue weighted by molar-refractivity contribution is -0.385. The molecule has 2 rings (SSSR count). The molecule has 9 heteroatoms. The topological polar surface area (TPSA) is 106 Å². The Bertz CT molecular complexity index is 691. The van der Waals surface area contributed by atoms with Crippen molar-refractivity contribution in [3.8, 4) is 5.75 Å². The molecule has 0 saturated heterocycles. The molecule has 2 aromatic rings. The van der Waals surface area contributed by atoms with E-state index in [0.29, 0.717) is 11.6 Å². The van der Waals surface area contributed by atoms with E-state index in [1.807, 2.05) is 0 Å². The van der Waals surface area contributed by atoms with E-state index in [2.05, 4.69) is 15.3 Å². The molecule has 0 aliphatic heterocycles. The smallest absolute Gasteiger partial charge is 0.312 e. The van der Waals surface area contributed by atoms with Crippen molar-refractivity contribution < 1.29 is 10.0 Å². The summed E-state index contributed by atoms with van der Waals surface area (Å²) in [6, 6.07) is 2.45. The molecule has 0 saturated carbocycles. The molecule has 8 nitrogen and oxygen atoms in total. The fraction of sp³-hybridized carbons (Fsp3) is 0.182. The van der Waals surface area contributed by atoms with E-state index in [-0.39, 0.29) is 10.6 Å². The first-order valence-electron chi connectivity index (χ1n) is 5.50. The van der Waals surface area contributed by atoms with Gasteiger partial charge in [-0.05, 0) is 19.9 Å². The second-order valence-electron chi connectivity index (χ2n) is 3.97. The summed E-state index contributed by atoms with van der Waals surface area (Å²) in [5.74, 6) is 0.607. The predicted molar refractivity (Wildman–Crippen MR) is 72.3 cm³/mol. The monoisotopic (exact) mass is 295 g/mol. The number of nitro benzene ring substituents is 1. The molecule has 0 unspecified atom stereocenters. The minimum absolute atomic E-state index is 0.133. The van der Waals surface area contributed by atoms with Crippen molar-refractivity contribution in [1.82, 2.24) is 14.9 Å². The van der Waals surface area contributed by atoms with Gasteiger partial charge in [0.15, 0.2) is 11.6 Å². The number of aromatic nitrogens is 3. The Hall–Kier alpha value is -2.48. The number of benzene rings is 1. The molecule has 0 amide bonds. The molecule has 0 fully saturated rings. The van der Waals surface area contributed by atoms with Crippen molar-refractivity contribution in [2.45, 2.75) is 13.8 Å². The van der Waals surface area contributed by atoms with E-state index in [1.54, 1.807) is 13.8 Å². The van der Waals surface area contributed by atoms with Crippen LogP contribution >= 0.6 is 11.6 Å². The summed E-state index contributed by atoms with van der Waals surface area (Å²) >= 11 is 5.78. The van der Waals surface area contributed by atoms with E-state index in [4.69, 9.17) is 11.6 Å². The van der Waals surface area contributed by atoms with Gasteiger partial charge in [0.25, 0.3) is 0 Å². The third-order valence-electron chi connectivity index (χ3n) is 2.55. The van der Waals surface area contributed by atoms with Crippen LogP contribution < -0.4 is 0 Å². The zero-order valence-electron chi connectivity index (χ0n) is 10.6. The highest BCUT2D eigenvalue weighted by atomic mass is 35.5. The van der Waals surface area contributed by atoms with Crippen molar-refractivity contribution in [3.05, 3.63) is 44.5 Å². The van der Waals surface area contributed by atoms with Gasteiger partial charge in [-0.3, -0.25) is 10.1 Å². The summed E-state index contributed by atoms with van der Waals surface area (Å²) in [4.78, 5) is 10.1. The zero-order valence-corrected chi connectivity index (χ0v) is 11.4. The van der Waals surface area contributed by atoms with Crippen molar-refractivity contribution in [3.63, 3.8) is 0 Å². The molecular weight excluding hydrogens is 286 g/mol. The maximum Gasteiger partial charge on any atom is 0.312 e. The Kier molecular flexibility index (Phi) is 3.66. The molecule has 1 aromatic carbocycles. The summed E-state index contributed by atoms with van der Waals surface area (Å²) in [5.41, 5.74) is -0.340. The number of halogens is 1. The molecule has 104 valence electrons. The lowest BCUT2D eigenvalue weighted by Crippen LogP contribution is -1.97. The second kappa shape index (κ2) is 5.25. The second-order valence-corrected chi connectivity index (χ2v) is 4.41. The van der Waals surface area contributed by atoms with Gasteiger partial charge in [-0.15, -0.1) is 10.2 Å². The largest absolute Gasteiger partial charge is 0.502 e. The Morgan fingerprint density at radius 3 is 2.55 bits per heavy atom. The SMILES string of the molecule is Cc1nnc(C)n1/N=C/c1cc(Cl)cc([N+](=O)[O-])c1O. The summed E-state index contributed by atoms with van der Waals surface area (Å²) in [6.45, 7) is 3.41. The number of hydrogen-bond donors (Lipinski definition) is 1. The van der Waals surface area contributed by atoms with E-state index < -0.39 is 16.4 Å².